The fourth-order valence-corrected chi connectivity index (χ4v) is 1.25. The molecular formula is C6HN9O7. The Hall–Kier alpha value is -3.98. The van der Waals surface area contributed by atoms with Crippen LogP contribution in [0.3, 0.4) is 0 Å². The first-order chi connectivity index (χ1) is 10.6. The Morgan fingerprint density at radius 3 is 2.45 bits per heavy atom. The Morgan fingerprint density at radius 1 is 1.05 bits per heavy atom. The van der Waals surface area contributed by atoms with Crippen LogP contribution >= 0.6 is 0 Å². The molecular weight excluding hydrogens is 310 g/mol. The molecule has 0 spiro atoms. The van der Waals surface area contributed by atoms with Gasteiger partial charge in [-0.1, -0.05) is 0 Å². The molecule has 16 heteroatoms. The highest BCUT2D eigenvalue weighted by molar-refractivity contribution is 5.37. The van der Waals surface area contributed by atoms with Gasteiger partial charge in [-0.15, -0.1) is 9.73 Å². The van der Waals surface area contributed by atoms with E-state index in [0.717, 1.165) is 6.20 Å². The molecule has 0 unspecified atom stereocenters. The van der Waals surface area contributed by atoms with E-state index < -0.39 is 33.2 Å². The summed E-state index contributed by atoms with van der Waals surface area (Å²) < 4.78 is 13.5. The summed E-state index contributed by atoms with van der Waals surface area (Å²) in [6.45, 7) is 0. The molecule has 0 amide bonds. The lowest BCUT2D eigenvalue weighted by Crippen LogP contribution is -2.02. The molecule has 0 saturated heterocycles. The number of nitrogens with zero attached hydrogens (tertiary/aromatic N) is 9. The zero-order valence-electron chi connectivity index (χ0n) is 9.96. The molecule has 0 atom stereocenters. The van der Waals surface area contributed by atoms with Gasteiger partial charge in [-0.05, 0) is 25.0 Å². The third-order valence-corrected chi connectivity index (χ3v) is 2.11. The van der Waals surface area contributed by atoms with Crippen molar-refractivity contribution in [3.05, 3.63) is 26.4 Å². The van der Waals surface area contributed by atoms with Crippen LogP contribution in [0.4, 0.5) is 11.6 Å². The summed E-state index contributed by atoms with van der Waals surface area (Å²) in [6, 6.07) is 0. The number of hydrogen-bond donors (Lipinski definition) is 0. The van der Waals surface area contributed by atoms with Crippen LogP contribution in [0.1, 0.15) is 0 Å². The predicted molar refractivity (Wildman–Crippen MR) is 56.9 cm³/mol. The molecule has 3 aromatic rings. The second kappa shape index (κ2) is 4.85. The summed E-state index contributed by atoms with van der Waals surface area (Å²) in [4.78, 5) is 20.2. The molecule has 22 heavy (non-hydrogen) atoms. The van der Waals surface area contributed by atoms with Gasteiger partial charge in [0.25, 0.3) is 0 Å². The molecule has 0 saturated carbocycles. The van der Waals surface area contributed by atoms with Crippen LogP contribution in [0.15, 0.2) is 15.5 Å². The van der Waals surface area contributed by atoms with E-state index in [0.29, 0.717) is 4.80 Å². The average Bonchev–Trinajstić information content (AvgIpc) is 3.17. The monoisotopic (exact) mass is 311 g/mol. The molecule has 3 rings (SSSR count). The van der Waals surface area contributed by atoms with Crippen molar-refractivity contribution in [2.75, 3.05) is 0 Å². The summed E-state index contributed by atoms with van der Waals surface area (Å²) >= 11 is 0. The molecule has 3 heterocycles. The topological polar surface area (TPSA) is 204 Å². The second-order valence-corrected chi connectivity index (χ2v) is 3.39. The maximum absolute atomic E-state index is 10.6. The highest BCUT2D eigenvalue weighted by atomic mass is 16.7. The fourth-order valence-electron chi connectivity index (χ4n) is 1.25. The SMILES string of the molecule is O=[N+]([O-])c1cnn(-c2nonc2Oc2nonc2[N+](=O)[O-])n1. The largest absolute Gasteiger partial charge is 0.478 e. The van der Waals surface area contributed by atoms with Crippen molar-refractivity contribution >= 4 is 11.6 Å². The van der Waals surface area contributed by atoms with Gasteiger partial charge in [-0.2, -0.15) is 0 Å². The van der Waals surface area contributed by atoms with E-state index in [9.17, 15) is 20.2 Å². The van der Waals surface area contributed by atoms with Crippen LogP contribution in [-0.2, 0) is 0 Å². The minimum Gasteiger partial charge on any atom is -0.405 e. The summed E-state index contributed by atoms with van der Waals surface area (Å²) in [7, 11) is 0. The van der Waals surface area contributed by atoms with Gasteiger partial charge in [-0.3, -0.25) is 0 Å². The quantitative estimate of drug-likeness (QED) is 0.436. The van der Waals surface area contributed by atoms with Crippen LogP contribution in [0.2, 0.25) is 0 Å². The Labute approximate surface area is 116 Å². The van der Waals surface area contributed by atoms with E-state index >= 15 is 0 Å². The van der Waals surface area contributed by atoms with Crippen molar-refractivity contribution in [1.82, 2.24) is 35.6 Å². The maximum Gasteiger partial charge on any atom is 0.478 e. The molecule has 0 aromatic carbocycles. The van der Waals surface area contributed by atoms with Crippen LogP contribution < -0.4 is 4.74 Å². The lowest BCUT2D eigenvalue weighted by molar-refractivity contribution is -0.391. The van der Waals surface area contributed by atoms with Crippen molar-refractivity contribution in [3.63, 3.8) is 0 Å². The van der Waals surface area contributed by atoms with Gasteiger partial charge < -0.3 is 25.0 Å². The average molecular weight is 311 g/mol. The predicted octanol–water partition coefficient (Wildman–Crippen LogP) is -0.358. The maximum atomic E-state index is 10.6. The van der Waals surface area contributed by atoms with Crippen LogP contribution in [0.5, 0.6) is 11.8 Å². The minimum absolute atomic E-state index is 0.301. The van der Waals surface area contributed by atoms with Crippen LogP contribution in [-0.4, -0.2) is 45.5 Å². The Balaban J connectivity index is 1.93. The summed E-state index contributed by atoms with van der Waals surface area (Å²) in [5.41, 5.74) is 0. The standard InChI is InChI=1S/C6HN9O7/c16-14(17)2-1-7-13(8-2)3-5(11-21-9-3)20-6-4(15(18)19)10-22-12-6/h1H. The first-order valence-electron chi connectivity index (χ1n) is 5.10. The smallest absolute Gasteiger partial charge is 0.405 e. The zero-order chi connectivity index (χ0) is 15.7. The third-order valence-electron chi connectivity index (χ3n) is 2.11. The first kappa shape index (κ1) is 13.0. The summed E-state index contributed by atoms with van der Waals surface area (Å²) in [5, 5.41) is 41.1. The normalized spacial score (nSPS) is 10.5. The molecule has 0 aliphatic rings. The molecule has 16 nitrogen and oxygen atoms in total. The number of ether oxygens (including phenoxy) is 1. The third kappa shape index (κ3) is 2.15. The number of hydrogen-bond acceptors (Lipinski definition) is 13. The Kier molecular flexibility index (Phi) is 2.87. The lowest BCUT2D eigenvalue weighted by atomic mass is 10.6. The molecule has 0 fully saturated rings. The Bertz CT molecular complexity index is 848. The lowest BCUT2D eigenvalue weighted by Gasteiger charge is -1.94. The van der Waals surface area contributed by atoms with E-state index in [2.05, 4.69) is 40.1 Å². The van der Waals surface area contributed by atoms with Crippen LogP contribution in [0.25, 0.3) is 5.82 Å². The van der Waals surface area contributed by atoms with Crippen molar-refractivity contribution in [1.29, 1.82) is 0 Å². The molecule has 3 aromatic heterocycles. The van der Waals surface area contributed by atoms with Gasteiger partial charge in [0.1, 0.15) is 0 Å². The molecule has 0 radical (unpaired) electrons. The molecule has 0 bridgehead atoms. The van der Waals surface area contributed by atoms with Gasteiger partial charge >= 0.3 is 29.2 Å². The number of rotatable bonds is 5. The van der Waals surface area contributed by atoms with E-state index in [-0.39, 0.29) is 5.82 Å². The van der Waals surface area contributed by atoms with E-state index in [1.54, 1.807) is 0 Å². The highest BCUT2D eigenvalue weighted by Gasteiger charge is 2.29. The minimum atomic E-state index is -0.907. The summed E-state index contributed by atoms with van der Waals surface area (Å²) in [5.74, 6) is -2.74. The van der Waals surface area contributed by atoms with Crippen molar-refractivity contribution < 1.29 is 23.8 Å². The Morgan fingerprint density at radius 2 is 1.77 bits per heavy atom. The fraction of sp³-hybridized carbons (Fsp3) is 0. The molecule has 0 N–H and O–H groups in total. The first-order valence-corrected chi connectivity index (χ1v) is 5.10. The zero-order valence-corrected chi connectivity index (χ0v) is 9.96. The van der Waals surface area contributed by atoms with Gasteiger partial charge in [-0.25, -0.2) is 4.63 Å². The molecule has 112 valence electrons. The van der Waals surface area contributed by atoms with Gasteiger partial charge in [0.15, 0.2) is 11.4 Å². The van der Waals surface area contributed by atoms with Crippen molar-refractivity contribution in [2.45, 2.75) is 0 Å². The number of nitro groups is 2. The van der Waals surface area contributed by atoms with E-state index in [1.807, 2.05) is 0 Å². The van der Waals surface area contributed by atoms with Gasteiger partial charge in [0.2, 0.25) is 0 Å². The van der Waals surface area contributed by atoms with Gasteiger partial charge in [0.05, 0.1) is 5.10 Å². The van der Waals surface area contributed by atoms with Crippen LogP contribution in [0, 0.1) is 20.2 Å². The highest BCUT2D eigenvalue weighted by Crippen LogP contribution is 2.28. The summed E-state index contributed by atoms with van der Waals surface area (Å²) in [6.07, 6.45) is 0.846. The van der Waals surface area contributed by atoms with E-state index in [4.69, 9.17) is 4.74 Å². The second-order valence-electron chi connectivity index (χ2n) is 3.39. The number of aromatic nitrogens is 7. The van der Waals surface area contributed by atoms with E-state index in [1.165, 1.54) is 0 Å². The van der Waals surface area contributed by atoms with Crippen molar-refractivity contribution in [2.24, 2.45) is 0 Å². The molecule has 0 aliphatic heterocycles. The van der Waals surface area contributed by atoms with Gasteiger partial charge in [0, 0.05) is 5.16 Å². The van der Waals surface area contributed by atoms with Crippen molar-refractivity contribution in [3.8, 4) is 17.6 Å². The molecule has 0 aliphatic carbocycles.